The molecule has 1 heteroatoms. The van der Waals surface area contributed by atoms with E-state index in [0.29, 0.717) is 5.41 Å². The van der Waals surface area contributed by atoms with E-state index in [1.165, 1.54) is 83.6 Å². The summed E-state index contributed by atoms with van der Waals surface area (Å²) in [5.74, 6) is 2.17. The molecule has 3 rings (SSSR count). The SMILES string of the molecule is CCC1(CNC2CCC3CCCCC3C2)CCCC1. The molecule has 3 fully saturated rings. The molecule has 3 atom stereocenters. The van der Waals surface area contributed by atoms with E-state index in [1.54, 1.807) is 0 Å². The van der Waals surface area contributed by atoms with E-state index in [4.69, 9.17) is 0 Å². The fraction of sp³-hybridized carbons (Fsp3) is 1.00. The van der Waals surface area contributed by atoms with Crippen LogP contribution in [0.25, 0.3) is 0 Å². The lowest BCUT2D eigenvalue weighted by Crippen LogP contribution is -2.43. The summed E-state index contributed by atoms with van der Waals surface area (Å²) >= 11 is 0. The smallest absolute Gasteiger partial charge is 0.00701 e. The van der Waals surface area contributed by atoms with Crippen molar-refractivity contribution < 1.29 is 0 Å². The maximum atomic E-state index is 3.99. The van der Waals surface area contributed by atoms with Crippen LogP contribution in [0.4, 0.5) is 0 Å². The van der Waals surface area contributed by atoms with Gasteiger partial charge in [-0.15, -0.1) is 0 Å². The fourth-order valence-corrected chi connectivity index (χ4v) is 5.20. The van der Waals surface area contributed by atoms with Gasteiger partial charge >= 0.3 is 0 Å². The van der Waals surface area contributed by atoms with Crippen LogP contribution in [0.3, 0.4) is 0 Å². The van der Waals surface area contributed by atoms with Gasteiger partial charge in [-0.05, 0) is 55.8 Å². The van der Waals surface area contributed by atoms with Gasteiger partial charge in [0.25, 0.3) is 0 Å². The summed E-state index contributed by atoms with van der Waals surface area (Å²) in [5, 5.41) is 3.99. The Bertz CT molecular complexity index is 279. The molecule has 0 saturated heterocycles. The molecule has 0 spiro atoms. The van der Waals surface area contributed by atoms with Crippen molar-refractivity contribution in [2.24, 2.45) is 17.3 Å². The van der Waals surface area contributed by atoms with Crippen molar-refractivity contribution in [1.82, 2.24) is 5.32 Å². The van der Waals surface area contributed by atoms with E-state index < -0.39 is 0 Å². The van der Waals surface area contributed by atoms with Gasteiger partial charge < -0.3 is 5.32 Å². The van der Waals surface area contributed by atoms with Crippen LogP contribution in [0.2, 0.25) is 0 Å². The molecule has 0 amide bonds. The Labute approximate surface area is 119 Å². The summed E-state index contributed by atoms with van der Waals surface area (Å²) in [6.45, 7) is 3.72. The van der Waals surface area contributed by atoms with Crippen LogP contribution in [0.5, 0.6) is 0 Å². The maximum Gasteiger partial charge on any atom is 0.00701 e. The molecule has 3 unspecified atom stereocenters. The first kappa shape index (κ1) is 13.9. The molecule has 0 bridgehead atoms. The summed E-state index contributed by atoms with van der Waals surface area (Å²) < 4.78 is 0. The summed E-state index contributed by atoms with van der Waals surface area (Å²) in [6.07, 6.45) is 17.9. The van der Waals surface area contributed by atoms with Gasteiger partial charge in [0.15, 0.2) is 0 Å². The lowest BCUT2D eigenvalue weighted by molar-refractivity contribution is 0.134. The topological polar surface area (TPSA) is 12.0 Å². The lowest BCUT2D eigenvalue weighted by atomic mass is 9.69. The molecule has 19 heavy (non-hydrogen) atoms. The van der Waals surface area contributed by atoms with Crippen molar-refractivity contribution in [3.8, 4) is 0 Å². The third kappa shape index (κ3) is 3.17. The first-order valence-corrected chi connectivity index (χ1v) is 9.05. The Morgan fingerprint density at radius 3 is 2.37 bits per heavy atom. The Morgan fingerprint density at radius 1 is 0.895 bits per heavy atom. The third-order valence-corrected chi connectivity index (χ3v) is 6.72. The number of hydrogen-bond donors (Lipinski definition) is 1. The molecule has 1 nitrogen and oxygen atoms in total. The van der Waals surface area contributed by atoms with Gasteiger partial charge in [0.05, 0.1) is 0 Å². The zero-order valence-corrected chi connectivity index (χ0v) is 12.9. The zero-order valence-electron chi connectivity index (χ0n) is 12.9. The molecule has 0 heterocycles. The van der Waals surface area contributed by atoms with E-state index in [-0.39, 0.29) is 0 Å². The molecular formula is C18H33N. The molecule has 110 valence electrons. The van der Waals surface area contributed by atoms with Crippen LogP contribution in [0, 0.1) is 17.3 Å². The van der Waals surface area contributed by atoms with Crippen molar-refractivity contribution in [3.63, 3.8) is 0 Å². The molecular weight excluding hydrogens is 230 g/mol. The number of hydrogen-bond acceptors (Lipinski definition) is 1. The monoisotopic (exact) mass is 263 g/mol. The summed E-state index contributed by atoms with van der Waals surface area (Å²) in [4.78, 5) is 0. The Kier molecular flexibility index (Phi) is 4.51. The van der Waals surface area contributed by atoms with Gasteiger partial charge in [-0.1, -0.05) is 45.4 Å². The minimum absolute atomic E-state index is 0.670. The fourth-order valence-electron chi connectivity index (χ4n) is 5.20. The van der Waals surface area contributed by atoms with E-state index in [0.717, 1.165) is 17.9 Å². The molecule has 0 aromatic rings. The average molecular weight is 263 g/mol. The minimum Gasteiger partial charge on any atom is -0.313 e. The lowest BCUT2D eigenvalue weighted by Gasteiger charge is -2.41. The van der Waals surface area contributed by atoms with Gasteiger partial charge in [0, 0.05) is 12.6 Å². The van der Waals surface area contributed by atoms with E-state index in [9.17, 15) is 0 Å². The highest BCUT2D eigenvalue weighted by Crippen LogP contribution is 2.42. The second-order valence-electron chi connectivity index (χ2n) is 7.76. The normalized spacial score (nSPS) is 38.1. The van der Waals surface area contributed by atoms with Gasteiger partial charge in [0.2, 0.25) is 0 Å². The predicted molar refractivity (Wildman–Crippen MR) is 82.3 cm³/mol. The summed E-state index contributed by atoms with van der Waals surface area (Å²) in [5.41, 5.74) is 0.670. The molecule has 0 aromatic carbocycles. The quantitative estimate of drug-likeness (QED) is 0.760. The second-order valence-corrected chi connectivity index (χ2v) is 7.76. The van der Waals surface area contributed by atoms with E-state index in [1.807, 2.05) is 0 Å². The molecule has 3 aliphatic rings. The van der Waals surface area contributed by atoms with Gasteiger partial charge in [-0.2, -0.15) is 0 Å². The zero-order chi connectivity index (χ0) is 13.1. The Morgan fingerprint density at radius 2 is 1.63 bits per heavy atom. The molecule has 1 N–H and O–H groups in total. The Balaban J connectivity index is 1.48. The van der Waals surface area contributed by atoms with E-state index >= 15 is 0 Å². The molecule has 0 radical (unpaired) electrons. The minimum atomic E-state index is 0.670. The average Bonchev–Trinajstić information content (AvgIpc) is 2.94. The van der Waals surface area contributed by atoms with Crippen molar-refractivity contribution in [2.75, 3.05) is 6.54 Å². The summed E-state index contributed by atoms with van der Waals surface area (Å²) in [7, 11) is 0. The predicted octanol–water partition coefficient (Wildman–Crippen LogP) is 4.91. The van der Waals surface area contributed by atoms with Crippen LogP contribution in [-0.2, 0) is 0 Å². The van der Waals surface area contributed by atoms with Crippen molar-refractivity contribution in [1.29, 1.82) is 0 Å². The number of fused-ring (bicyclic) bond motifs is 1. The highest BCUT2D eigenvalue weighted by atomic mass is 14.9. The molecule has 0 aromatic heterocycles. The number of nitrogens with one attached hydrogen (secondary N) is 1. The van der Waals surface area contributed by atoms with Gasteiger partial charge in [-0.25, -0.2) is 0 Å². The van der Waals surface area contributed by atoms with Gasteiger partial charge in [0.1, 0.15) is 0 Å². The second kappa shape index (κ2) is 6.16. The van der Waals surface area contributed by atoms with Crippen LogP contribution in [0.15, 0.2) is 0 Å². The Hall–Kier alpha value is -0.0400. The largest absolute Gasteiger partial charge is 0.313 e. The first-order chi connectivity index (χ1) is 9.31. The number of rotatable bonds is 4. The van der Waals surface area contributed by atoms with Crippen LogP contribution < -0.4 is 5.32 Å². The highest BCUT2D eigenvalue weighted by Gasteiger charge is 2.35. The molecule has 0 aliphatic heterocycles. The van der Waals surface area contributed by atoms with Crippen LogP contribution >= 0.6 is 0 Å². The first-order valence-electron chi connectivity index (χ1n) is 9.05. The van der Waals surface area contributed by atoms with Crippen LogP contribution in [-0.4, -0.2) is 12.6 Å². The third-order valence-electron chi connectivity index (χ3n) is 6.72. The maximum absolute atomic E-state index is 3.99. The molecule has 3 saturated carbocycles. The van der Waals surface area contributed by atoms with Crippen LogP contribution in [0.1, 0.15) is 84.0 Å². The van der Waals surface area contributed by atoms with Crippen molar-refractivity contribution >= 4 is 0 Å². The standard InChI is InChI=1S/C18H33N/c1-2-18(11-5-6-12-18)14-19-17-10-9-15-7-3-4-8-16(15)13-17/h15-17,19H,2-14H2,1H3. The van der Waals surface area contributed by atoms with E-state index in [2.05, 4.69) is 12.2 Å². The van der Waals surface area contributed by atoms with Crippen molar-refractivity contribution in [3.05, 3.63) is 0 Å². The highest BCUT2D eigenvalue weighted by molar-refractivity contribution is 4.90. The molecule has 3 aliphatic carbocycles. The van der Waals surface area contributed by atoms with Gasteiger partial charge in [-0.3, -0.25) is 0 Å². The van der Waals surface area contributed by atoms with Crippen molar-refractivity contribution in [2.45, 2.75) is 90.0 Å². The summed E-state index contributed by atoms with van der Waals surface area (Å²) in [6, 6.07) is 0.850.